The van der Waals surface area contributed by atoms with Crippen LogP contribution in [0.3, 0.4) is 0 Å². The van der Waals surface area contributed by atoms with Gasteiger partial charge in [0.25, 0.3) is 5.91 Å². The number of nitrogens with zero attached hydrogens (tertiary/aromatic N) is 1. The average Bonchev–Trinajstić information content (AvgIpc) is 2.62. The fraction of sp³-hybridized carbons (Fsp3) is 0.263. The highest BCUT2D eigenvalue weighted by atomic mass is 16.4. The highest BCUT2D eigenvalue weighted by Crippen LogP contribution is 2.31. The first-order valence-corrected chi connectivity index (χ1v) is 8.38. The molecule has 0 spiro atoms. The predicted octanol–water partition coefficient (Wildman–Crippen LogP) is 1.62. The number of carboxylic acids is 3. The molecule has 9 heteroatoms. The Morgan fingerprint density at radius 2 is 1.29 bits per heavy atom. The Kier molecular flexibility index (Phi) is 6.32. The molecule has 2 aromatic rings. The predicted molar refractivity (Wildman–Crippen MR) is 100 cm³/mol. The molecule has 4 N–H and O–H groups in total. The Labute approximate surface area is 160 Å². The molecule has 0 aliphatic heterocycles. The maximum atomic E-state index is 12.8. The first-order chi connectivity index (χ1) is 13.2. The van der Waals surface area contributed by atoms with Crippen LogP contribution in [0.5, 0.6) is 0 Å². The zero-order valence-electron chi connectivity index (χ0n) is 15.4. The van der Waals surface area contributed by atoms with Crippen LogP contribution in [0.15, 0.2) is 24.3 Å². The summed E-state index contributed by atoms with van der Waals surface area (Å²) in [4.78, 5) is 50.0. The van der Waals surface area contributed by atoms with Gasteiger partial charge in [0.2, 0.25) is 0 Å². The van der Waals surface area contributed by atoms with Gasteiger partial charge in [-0.25, -0.2) is 14.4 Å². The standard InChI is InChI=1S/C19H20N2O7/c1-21(2)9-5-8-20-16(22)12-10-6-3-4-7-11(10)13(17(23)24)15(19(27)28)14(12)18(25)26/h3-4,6-7H,5,8-9H2,1-2H3,(H,20,22)(H,23,24)(H,25,26)(H,27,28). The van der Waals surface area contributed by atoms with Gasteiger partial charge in [-0.3, -0.25) is 4.79 Å². The topological polar surface area (TPSA) is 144 Å². The number of amides is 1. The summed E-state index contributed by atoms with van der Waals surface area (Å²) in [5.74, 6) is -5.79. The molecule has 148 valence electrons. The van der Waals surface area contributed by atoms with Crippen LogP contribution in [0.25, 0.3) is 10.8 Å². The van der Waals surface area contributed by atoms with Crippen molar-refractivity contribution in [2.45, 2.75) is 6.42 Å². The number of benzene rings is 2. The van der Waals surface area contributed by atoms with Gasteiger partial charge in [0.15, 0.2) is 0 Å². The summed E-state index contributed by atoms with van der Waals surface area (Å²) < 4.78 is 0. The second-order valence-corrected chi connectivity index (χ2v) is 6.37. The molecule has 0 radical (unpaired) electrons. The number of hydrogen-bond donors (Lipinski definition) is 4. The maximum Gasteiger partial charge on any atom is 0.337 e. The zero-order chi connectivity index (χ0) is 21.0. The van der Waals surface area contributed by atoms with E-state index in [9.17, 15) is 34.5 Å². The minimum absolute atomic E-state index is 0.0177. The fourth-order valence-corrected chi connectivity index (χ4v) is 3.01. The normalized spacial score (nSPS) is 10.8. The first-order valence-electron chi connectivity index (χ1n) is 8.38. The third-order valence-electron chi connectivity index (χ3n) is 4.15. The fourth-order valence-electron chi connectivity index (χ4n) is 3.01. The van der Waals surface area contributed by atoms with Crippen LogP contribution >= 0.6 is 0 Å². The second kappa shape index (κ2) is 8.49. The van der Waals surface area contributed by atoms with E-state index in [0.717, 1.165) is 0 Å². The van der Waals surface area contributed by atoms with Gasteiger partial charge >= 0.3 is 17.9 Å². The van der Waals surface area contributed by atoms with Gasteiger partial charge in [-0.2, -0.15) is 0 Å². The Bertz CT molecular complexity index is 966. The zero-order valence-corrected chi connectivity index (χ0v) is 15.4. The smallest absolute Gasteiger partial charge is 0.337 e. The number of aromatic carboxylic acids is 3. The summed E-state index contributed by atoms with van der Waals surface area (Å²) in [6.45, 7) is 0.929. The highest BCUT2D eigenvalue weighted by molar-refractivity contribution is 6.24. The van der Waals surface area contributed by atoms with E-state index in [1.54, 1.807) is 0 Å². The first kappa shape index (κ1) is 20.8. The number of carbonyl (C=O) groups is 4. The van der Waals surface area contributed by atoms with Gasteiger partial charge in [-0.15, -0.1) is 0 Å². The van der Waals surface area contributed by atoms with Crippen molar-refractivity contribution in [2.75, 3.05) is 27.2 Å². The van der Waals surface area contributed by atoms with Crippen molar-refractivity contribution in [3.63, 3.8) is 0 Å². The number of carbonyl (C=O) groups excluding carboxylic acids is 1. The lowest BCUT2D eigenvalue weighted by Gasteiger charge is -2.16. The molecule has 28 heavy (non-hydrogen) atoms. The van der Waals surface area contributed by atoms with E-state index < -0.39 is 40.5 Å². The van der Waals surface area contributed by atoms with Crippen molar-refractivity contribution in [3.8, 4) is 0 Å². The van der Waals surface area contributed by atoms with Gasteiger partial charge in [-0.05, 0) is 37.8 Å². The molecule has 9 nitrogen and oxygen atoms in total. The molecule has 0 aromatic heterocycles. The van der Waals surface area contributed by atoms with Gasteiger partial charge in [0.1, 0.15) is 0 Å². The third kappa shape index (κ3) is 4.09. The van der Waals surface area contributed by atoms with Crippen molar-refractivity contribution in [2.24, 2.45) is 0 Å². The largest absolute Gasteiger partial charge is 0.478 e. The van der Waals surface area contributed by atoms with E-state index in [4.69, 9.17) is 0 Å². The molecule has 0 aliphatic carbocycles. The number of rotatable bonds is 8. The van der Waals surface area contributed by atoms with Gasteiger partial charge in [-0.1, -0.05) is 24.3 Å². The number of nitrogens with one attached hydrogen (secondary N) is 1. The molecular formula is C19H20N2O7. The molecule has 1 amide bonds. The molecule has 2 rings (SSSR count). The Balaban J connectivity index is 2.74. The minimum atomic E-state index is -1.73. The summed E-state index contributed by atoms with van der Waals surface area (Å²) >= 11 is 0. The maximum absolute atomic E-state index is 12.8. The van der Waals surface area contributed by atoms with Crippen LogP contribution in [0.2, 0.25) is 0 Å². The summed E-state index contributed by atoms with van der Waals surface area (Å²) in [7, 11) is 3.73. The van der Waals surface area contributed by atoms with Crippen LogP contribution in [-0.4, -0.2) is 71.2 Å². The Hall–Kier alpha value is -3.46. The quantitative estimate of drug-likeness (QED) is 0.499. The monoisotopic (exact) mass is 388 g/mol. The van der Waals surface area contributed by atoms with Crippen LogP contribution in [0, 0.1) is 0 Å². The van der Waals surface area contributed by atoms with Crippen LogP contribution in [0.1, 0.15) is 47.9 Å². The average molecular weight is 388 g/mol. The van der Waals surface area contributed by atoms with Crippen molar-refractivity contribution in [1.82, 2.24) is 10.2 Å². The number of hydrogen-bond acceptors (Lipinski definition) is 5. The lowest BCUT2D eigenvalue weighted by Crippen LogP contribution is -2.30. The molecule has 0 fully saturated rings. The Morgan fingerprint density at radius 1 is 0.821 bits per heavy atom. The third-order valence-corrected chi connectivity index (χ3v) is 4.15. The van der Waals surface area contributed by atoms with E-state index in [1.165, 1.54) is 24.3 Å². The summed E-state index contributed by atoms with van der Waals surface area (Å²) in [5, 5.41) is 31.3. The SMILES string of the molecule is CN(C)CCCNC(=O)c1c(C(=O)O)c(C(=O)O)c(C(=O)O)c2ccccc12. The van der Waals surface area contributed by atoms with E-state index in [-0.39, 0.29) is 22.9 Å². The number of carboxylic acid groups (broad SMARTS) is 3. The number of fused-ring (bicyclic) bond motifs is 1. The van der Waals surface area contributed by atoms with Crippen LogP contribution < -0.4 is 5.32 Å². The molecule has 0 heterocycles. The molecule has 0 saturated heterocycles. The van der Waals surface area contributed by atoms with Crippen molar-refractivity contribution in [1.29, 1.82) is 0 Å². The summed E-state index contributed by atoms with van der Waals surface area (Å²) in [6, 6.07) is 5.75. The van der Waals surface area contributed by atoms with Crippen LogP contribution in [0.4, 0.5) is 0 Å². The summed E-state index contributed by atoms with van der Waals surface area (Å²) in [5.41, 5.74) is -2.79. The molecular weight excluding hydrogens is 368 g/mol. The van der Waals surface area contributed by atoms with Crippen molar-refractivity contribution >= 4 is 34.6 Å². The van der Waals surface area contributed by atoms with Crippen LogP contribution in [-0.2, 0) is 0 Å². The molecule has 0 aliphatic rings. The lowest BCUT2D eigenvalue weighted by atomic mass is 9.88. The molecule has 0 unspecified atom stereocenters. The van der Waals surface area contributed by atoms with Gasteiger partial charge in [0.05, 0.1) is 22.3 Å². The minimum Gasteiger partial charge on any atom is -0.478 e. The van der Waals surface area contributed by atoms with Gasteiger partial charge < -0.3 is 25.5 Å². The second-order valence-electron chi connectivity index (χ2n) is 6.37. The van der Waals surface area contributed by atoms with Gasteiger partial charge in [0, 0.05) is 6.54 Å². The Morgan fingerprint density at radius 3 is 1.75 bits per heavy atom. The van der Waals surface area contributed by atoms with E-state index in [1.807, 2.05) is 19.0 Å². The molecule has 0 bridgehead atoms. The van der Waals surface area contributed by atoms with E-state index in [2.05, 4.69) is 5.32 Å². The molecule has 0 atom stereocenters. The highest BCUT2D eigenvalue weighted by Gasteiger charge is 2.33. The molecule has 0 saturated carbocycles. The summed E-state index contributed by atoms with van der Waals surface area (Å²) in [6.07, 6.45) is 0.595. The lowest BCUT2D eigenvalue weighted by molar-refractivity contribution is 0.0632. The molecule has 2 aromatic carbocycles. The van der Waals surface area contributed by atoms with E-state index >= 15 is 0 Å². The van der Waals surface area contributed by atoms with E-state index in [0.29, 0.717) is 13.0 Å². The van der Waals surface area contributed by atoms with Crippen molar-refractivity contribution < 1.29 is 34.5 Å². The van der Waals surface area contributed by atoms with Crippen molar-refractivity contribution in [3.05, 3.63) is 46.5 Å².